The molecule has 0 unspecified atom stereocenters. The van der Waals surface area contributed by atoms with Gasteiger partial charge in [-0.2, -0.15) is 5.26 Å². The van der Waals surface area contributed by atoms with Crippen molar-refractivity contribution in [3.05, 3.63) is 0 Å². The maximum atomic E-state index is 11.3. The van der Waals surface area contributed by atoms with Crippen LogP contribution in [0.1, 0.15) is 20.8 Å². The number of ether oxygens (including phenoxy) is 1. The number of rotatable bonds is 4. The fourth-order valence-electron chi connectivity index (χ4n) is 0.810. The van der Waals surface area contributed by atoms with Gasteiger partial charge in [-0.3, -0.25) is 9.59 Å². The van der Waals surface area contributed by atoms with Gasteiger partial charge in [-0.1, -0.05) is 13.8 Å². The molecule has 0 saturated carbocycles. The third-order valence-electron chi connectivity index (χ3n) is 1.47. The van der Waals surface area contributed by atoms with Gasteiger partial charge in [0, 0.05) is 5.92 Å². The smallest absolute Gasteiger partial charge is 0.326 e. The van der Waals surface area contributed by atoms with Crippen LogP contribution in [0.5, 0.6) is 0 Å². The Bertz CT molecular complexity index is 255. The van der Waals surface area contributed by atoms with Crippen LogP contribution in [0.3, 0.4) is 0 Å². The van der Waals surface area contributed by atoms with Gasteiger partial charge in [0.2, 0.25) is 5.91 Å². The number of esters is 1. The number of nitrogens with zero attached hydrogens (tertiary/aromatic N) is 2. The fourth-order valence-corrected chi connectivity index (χ4v) is 0.810. The van der Waals surface area contributed by atoms with E-state index in [9.17, 15) is 9.59 Å². The van der Waals surface area contributed by atoms with Gasteiger partial charge in [-0.05, 0) is 6.92 Å². The summed E-state index contributed by atoms with van der Waals surface area (Å²) in [5.41, 5.74) is 0. The molecule has 0 spiro atoms. The lowest BCUT2D eigenvalue weighted by atomic mass is 10.2. The van der Waals surface area contributed by atoms with Gasteiger partial charge in [-0.25, -0.2) is 4.90 Å². The molecule has 78 valence electrons. The first-order chi connectivity index (χ1) is 6.52. The van der Waals surface area contributed by atoms with E-state index < -0.39 is 5.97 Å². The van der Waals surface area contributed by atoms with E-state index >= 15 is 0 Å². The summed E-state index contributed by atoms with van der Waals surface area (Å²) in [6.07, 6.45) is 1.66. The van der Waals surface area contributed by atoms with E-state index in [-0.39, 0.29) is 25.0 Å². The molecule has 0 atom stereocenters. The first-order valence-electron chi connectivity index (χ1n) is 4.39. The number of hydrogen-bond acceptors (Lipinski definition) is 4. The minimum Gasteiger partial charge on any atom is -0.465 e. The minimum atomic E-state index is -0.567. The van der Waals surface area contributed by atoms with Crippen LogP contribution in [0.15, 0.2) is 0 Å². The molecule has 0 aliphatic carbocycles. The minimum absolute atomic E-state index is 0.244. The first-order valence-corrected chi connectivity index (χ1v) is 4.39. The molecule has 14 heavy (non-hydrogen) atoms. The molecule has 0 aromatic rings. The van der Waals surface area contributed by atoms with E-state index in [1.54, 1.807) is 27.0 Å². The maximum absolute atomic E-state index is 11.3. The largest absolute Gasteiger partial charge is 0.465 e. The third-order valence-corrected chi connectivity index (χ3v) is 1.47. The SMILES string of the molecule is CCOC(=O)CN(C#N)C(=O)C(C)C. The molecule has 1 amide bonds. The predicted molar refractivity (Wildman–Crippen MR) is 48.8 cm³/mol. The highest BCUT2D eigenvalue weighted by atomic mass is 16.5. The highest BCUT2D eigenvalue weighted by Crippen LogP contribution is 2.00. The van der Waals surface area contributed by atoms with Crippen LogP contribution in [0.2, 0.25) is 0 Å². The number of carbonyl (C=O) groups is 2. The average Bonchev–Trinajstić information content (AvgIpc) is 2.13. The van der Waals surface area contributed by atoms with E-state index in [1.807, 2.05) is 0 Å². The summed E-state index contributed by atoms with van der Waals surface area (Å²) in [7, 11) is 0. The quantitative estimate of drug-likeness (QED) is 0.375. The molecule has 5 nitrogen and oxygen atoms in total. The summed E-state index contributed by atoms with van der Waals surface area (Å²) in [6.45, 7) is 4.93. The Balaban J connectivity index is 4.25. The van der Waals surface area contributed by atoms with Gasteiger partial charge in [0.15, 0.2) is 6.19 Å². The number of amides is 1. The second-order valence-corrected chi connectivity index (χ2v) is 2.98. The van der Waals surface area contributed by atoms with Gasteiger partial charge < -0.3 is 4.74 Å². The van der Waals surface area contributed by atoms with E-state index in [4.69, 9.17) is 5.26 Å². The highest BCUT2D eigenvalue weighted by molar-refractivity contribution is 5.84. The Kier molecular flexibility index (Phi) is 5.30. The van der Waals surface area contributed by atoms with Crippen LogP contribution in [0.4, 0.5) is 0 Å². The van der Waals surface area contributed by atoms with Crippen molar-refractivity contribution in [3.63, 3.8) is 0 Å². The molecular formula is C9H14N2O3. The van der Waals surface area contributed by atoms with Crippen LogP contribution in [0.25, 0.3) is 0 Å². The van der Waals surface area contributed by atoms with Gasteiger partial charge in [0.25, 0.3) is 0 Å². The Hall–Kier alpha value is -1.57. The van der Waals surface area contributed by atoms with Gasteiger partial charge in [0.1, 0.15) is 6.54 Å². The molecule has 0 fully saturated rings. The van der Waals surface area contributed by atoms with Crippen molar-refractivity contribution in [2.75, 3.05) is 13.2 Å². The molecule has 0 radical (unpaired) electrons. The second kappa shape index (κ2) is 5.97. The van der Waals surface area contributed by atoms with Crippen molar-refractivity contribution >= 4 is 11.9 Å². The van der Waals surface area contributed by atoms with Gasteiger partial charge in [0.05, 0.1) is 6.61 Å². The standard InChI is InChI=1S/C9H14N2O3/c1-4-14-8(12)5-11(6-10)9(13)7(2)3/h7H,4-5H2,1-3H3. The fraction of sp³-hybridized carbons (Fsp3) is 0.667. The van der Waals surface area contributed by atoms with E-state index in [0.717, 1.165) is 4.90 Å². The zero-order chi connectivity index (χ0) is 11.1. The van der Waals surface area contributed by atoms with E-state index in [2.05, 4.69) is 4.74 Å². The van der Waals surface area contributed by atoms with Crippen LogP contribution in [-0.4, -0.2) is 29.9 Å². The molecule has 0 rings (SSSR count). The average molecular weight is 198 g/mol. The van der Waals surface area contributed by atoms with Crippen molar-refractivity contribution in [2.24, 2.45) is 5.92 Å². The molecule has 0 N–H and O–H groups in total. The summed E-state index contributed by atoms with van der Waals surface area (Å²) in [6, 6.07) is 0. The van der Waals surface area contributed by atoms with Crippen LogP contribution in [-0.2, 0) is 14.3 Å². The molecular weight excluding hydrogens is 184 g/mol. The number of hydrogen-bond donors (Lipinski definition) is 0. The van der Waals surface area contributed by atoms with Crippen molar-refractivity contribution < 1.29 is 14.3 Å². The molecule has 0 aromatic heterocycles. The Morgan fingerprint density at radius 2 is 2.07 bits per heavy atom. The predicted octanol–water partition coefficient (Wildman–Crippen LogP) is 0.515. The summed E-state index contributed by atoms with van der Waals surface area (Å²) >= 11 is 0. The van der Waals surface area contributed by atoms with Crippen molar-refractivity contribution in [3.8, 4) is 6.19 Å². The summed E-state index contributed by atoms with van der Waals surface area (Å²) < 4.78 is 4.62. The number of carbonyl (C=O) groups excluding carboxylic acids is 2. The lowest BCUT2D eigenvalue weighted by molar-refractivity contribution is -0.147. The van der Waals surface area contributed by atoms with Crippen molar-refractivity contribution in [1.29, 1.82) is 5.26 Å². The Morgan fingerprint density at radius 3 is 2.43 bits per heavy atom. The van der Waals surface area contributed by atoms with Crippen molar-refractivity contribution in [1.82, 2.24) is 4.90 Å². The topological polar surface area (TPSA) is 70.4 Å². The van der Waals surface area contributed by atoms with Crippen LogP contribution in [0, 0.1) is 17.4 Å². The lowest BCUT2D eigenvalue weighted by Crippen LogP contribution is -2.35. The molecule has 0 aromatic carbocycles. The van der Waals surface area contributed by atoms with Crippen molar-refractivity contribution in [2.45, 2.75) is 20.8 Å². The zero-order valence-electron chi connectivity index (χ0n) is 8.61. The third kappa shape index (κ3) is 3.90. The Morgan fingerprint density at radius 1 is 1.50 bits per heavy atom. The molecule has 0 aliphatic rings. The highest BCUT2D eigenvalue weighted by Gasteiger charge is 2.19. The lowest BCUT2D eigenvalue weighted by Gasteiger charge is -2.14. The van der Waals surface area contributed by atoms with Gasteiger partial charge in [-0.15, -0.1) is 0 Å². The second-order valence-electron chi connectivity index (χ2n) is 2.98. The number of nitriles is 1. The normalized spacial score (nSPS) is 9.36. The first kappa shape index (κ1) is 12.4. The zero-order valence-corrected chi connectivity index (χ0v) is 8.61. The summed E-state index contributed by atoms with van der Waals surface area (Å²) in [4.78, 5) is 23.1. The molecule has 0 aliphatic heterocycles. The van der Waals surface area contributed by atoms with Gasteiger partial charge >= 0.3 is 5.97 Å². The molecule has 0 saturated heterocycles. The van der Waals surface area contributed by atoms with E-state index in [1.165, 1.54) is 0 Å². The summed E-state index contributed by atoms with van der Waals surface area (Å²) in [5.74, 6) is -1.24. The molecule has 0 bridgehead atoms. The van der Waals surface area contributed by atoms with Crippen LogP contribution >= 0.6 is 0 Å². The van der Waals surface area contributed by atoms with E-state index in [0.29, 0.717) is 0 Å². The Labute approximate surface area is 83.2 Å². The molecule has 5 heteroatoms. The monoisotopic (exact) mass is 198 g/mol. The summed E-state index contributed by atoms with van der Waals surface area (Å²) in [5, 5.41) is 8.61. The van der Waals surface area contributed by atoms with Crippen LogP contribution < -0.4 is 0 Å². The maximum Gasteiger partial charge on any atom is 0.326 e. The molecule has 0 heterocycles.